The van der Waals surface area contributed by atoms with Crippen LogP contribution in [0.4, 0.5) is 11.4 Å². The van der Waals surface area contributed by atoms with E-state index in [2.05, 4.69) is 30.2 Å². The van der Waals surface area contributed by atoms with Crippen molar-refractivity contribution in [2.24, 2.45) is 0 Å². The summed E-state index contributed by atoms with van der Waals surface area (Å²) in [6.45, 7) is 7.00. The monoisotopic (exact) mass is 373 g/mol. The van der Waals surface area contributed by atoms with E-state index < -0.39 is 0 Å². The van der Waals surface area contributed by atoms with Gasteiger partial charge in [0.05, 0.1) is 4.92 Å². The first-order valence-electron chi connectivity index (χ1n) is 9.10. The highest BCUT2D eigenvalue weighted by Gasteiger charge is 2.32. The number of benzene rings is 1. The molecule has 2 aliphatic rings. The van der Waals surface area contributed by atoms with Crippen LogP contribution in [0.25, 0.3) is 0 Å². The lowest BCUT2D eigenvalue weighted by Crippen LogP contribution is -2.32. The minimum absolute atomic E-state index is 0.148. The van der Waals surface area contributed by atoms with E-state index >= 15 is 0 Å². The summed E-state index contributed by atoms with van der Waals surface area (Å²) in [4.78, 5) is 12.9. The molecule has 1 saturated carbocycles. The molecule has 1 aromatic carbocycles. The molecule has 0 N–H and O–H groups in total. The number of nitrogens with zero attached hydrogens (tertiary/aromatic N) is 5. The van der Waals surface area contributed by atoms with Crippen LogP contribution in [-0.4, -0.2) is 25.3 Å². The molecule has 2 aromatic rings. The van der Waals surface area contributed by atoms with Crippen molar-refractivity contribution in [3.63, 3.8) is 0 Å². The number of nitro benzene ring substituents is 1. The lowest BCUT2D eigenvalue weighted by molar-refractivity contribution is -0.384. The van der Waals surface area contributed by atoms with E-state index in [9.17, 15) is 10.1 Å². The topological polar surface area (TPSA) is 69.1 Å². The average molecular weight is 373 g/mol. The summed E-state index contributed by atoms with van der Waals surface area (Å²) in [6.07, 6.45) is 3.14. The van der Waals surface area contributed by atoms with Crippen LogP contribution >= 0.6 is 12.2 Å². The SMILES string of the molecule is CC(C)c1nn(CN2c3ccc([N+](=O)[O-])cc3CC2C)c(=S)n1C1CC1. The average Bonchev–Trinajstić information content (AvgIpc) is 3.30. The molecule has 0 bridgehead atoms. The second kappa shape index (κ2) is 6.19. The molecule has 0 saturated heterocycles. The quantitative estimate of drug-likeness (QED) is 0.446. The van der Waals surface area contributed by atoms with E-state index in [1.54, 1.807) is 12.1 Å². The molecule has 2 heterocycles. The molecule has 1 aliphatic heterocycles. The Balaban J connectivity index is 1.68. The summed E-state index contributed by atoms with van der Waals surface area (Å²) < 4.78 is 4.91. The Labute approximate surface area is 157 Å². The zero-order valence-electron chi connectivity index (χ0n) is 15.3. The second-order valence-electron chi connectivity index (χ2n) is 7.63. The Bertz CT molecular complexity index is 928. The van der Waals surface area contributed by atoms with E-state index in [0.717, 1.165) is 28.3 Å². The number of nitro groups is 1. The van der Waals surface area contributed by atoms with Crippen LogP contribution in [0.1, 0.15) is 57.0 Å². The molecule has 0 radical (unpaired) electrons. The van der Waals surface area contributed by atoms with E-state index in [1.807, 2.05) is 10.7 Å². The van der Waals surface area contributed by atoms with E-state index in [0.29, 0.717) is 18.6 Å². The molecule has 138 valence electrons. The van der Waals surface area contributed by atoms with Crippen molar-refractivity contribution in [1.29, 1.82) is 0 Å². The fourth-order valence-corrected chi connectivity index (χ4v) is 4.09. The number of non-ortho nitro benzene ring substituents is 1. The van der Waals surface area contributed by atoms with Gasteiger partial charge in [-0.15, -0.1) is 0 Å². The summed E-state index contributed by atoms with van der Waals surface area (Å²) in [6, 6.07) is 5.86. The standard InChI is InChI=1S/C18H23N5O2S/c1-11(2)17-19-21(18(26)22(17)14-4-5-14)10-20-12(3)8-13-9-15(23(24)25)6-7-16(13)20/h6-7,9,11-12,14H,4-5,8,10H2,1-3H3. The van der Waals surface area contributed by atoms with Crippen LogP contribution in [0.15, 0.2) is 18.2 Å². The van der Waals surface area contributed by atoms with Crippen LogP contribution in [0.3, 0.4) is 0 Å². The molecule has 1 fully saturated rings. The maximum atomic E-state index is 11.0. The first-order chi connectivity index (χ1) is 12.4. The van der Waals surface area contributed by atoms with Gasteiger partial charge in [-0.3, -0.25) is 10.1 Å². The van der Waals surface area contributed by atoms with Gasteiger partial charge in [0, 0.05) is 35.8 Å². The molecule has 1 aliphatic carbocycles. The Morgan fingerprint density at radius 3 is 2.73 bits per heavy atom. The van der Waals surface area contributed by atoms with E-state index in [1.165, 1.54) is 12.8 Å². The van der Waals surface area contributed by atoms with Gasteiger partial charge >= 0.3 is 0 Å². The Morgan fingerprint density at radius 2 is 2.12 bits per heavy atom. The third-order valence-corrected chi connectivity index (χ3v) is 5.65. The third kappa shape index (κ3) is 2.82. The van der Waals surface area contributed by atoms with Crippen molar-refractivity contribution < 1.29 is 4.92 Å². The molecule has 0 amide bonds. The zero-order valence-corrected chi connectivity index (χ0v) is 16.1. The van der Waals surface area contributed by atoms with Crippen LogP contribution < -0.4 is 4.90 Å². The van der Waals surface area contributed by atoms with Gasteiger partial charge in [0.25, 0.3) is 5.69 Å². The highest BCUT2D eigenvalue weighted by Crippen LogP contribution is 2.38. The number of rotatable bonds is 5. The summed E-state index contributed by atoms with van der Waals surface area (Å²) in [5.41, 5.74) is 2.20. The molecule has 1 atom stereocenters. The highest BCUT2D eigenvalue weighted by atomic mass is 32.1. The first-order valence-corrected chi connectivity index (χ1v) is 9.51. The second-order valence-corrected chi connectivity index (χ2v) is 8.00. The van der Waals surface area contributed by atoms with Gasteiger partial charge < -0.3 is 9.47 Å². The number of hydrogen-bond acceptors (Lipinski definition) is 5. The lowest BCUT2D eigenvalue weighted by atomic mass is 10.1. The predicted molar refractivity (Wildman–Crippen MR) is 102 cm³/mol. The molecule has 26 heavy (non-hydrogen) atoms. The molecule has 8 heteroatoms. The van der Waals surface area contributed by atoms with Gasteiger partial charge in [-0.25, -0.2) is 4.68 Å². The minimum Gasteiger partial charge on any atom is -0.349 e. The summed E-state index contributed by atoms with van der Waals surface area (Å²) >= 11 is 5.72. The molecule has 1 unspecified atom stereocenters. The maximum Gasteiger partial charge on any atom is 0.269 e. The lowest BCUT2D eigenvalue weighted by Gasteiger charge is -2.24. The van der Waals surface area contributed by atoms with Crippen molar-refractivity contribution in [3.8, 4) is 0 Å². The van der Waals surface area contributed by atoms with Crippen molar-refractivity contribution in [2.45, 2.75) is 64.7 Å². The predicted octanol–water partition coefficient (Wildman–Crippen LogP) is 4.19. The van der Waals surface area contributed by atoms with Gasteiger partial charge in [-0.1, -0.05) is 13.8 Å². The number of hydrogen-bond donors (Lipinski definition) is 0. The third-order valence-electron chi connectivity index (χ3n) is 5.24. The van der Waals surface area contributed by atoms with Crippen LogP contribution in [0.2, 0.25) is 0 Å². The van der Waals surface area contributed by atoms with Crippen LogP contribution in [0, 0.1) is 14.9 Å². The first kappa shape index (κ1) is 17.2. The minimum atomic E-state index is -0.337. The number of aromatic nitrogens is 3. The van der Waals surface area contributed by atoms with Crippen molar-refractivity contribution in [3.05, 3.63) is 44.5 Å². The Hall–Kier alpha value is -2.22. The van der Waals surface area contributed by atoms with E-state index in [-0.39, 0.29) is 16.7 Å². The summed E-state index contributed by atoms with van der Waals surface area (Å²) in [5, 5.41) is 15.8. The van der Waals surface area contributed by atoms with Gasteiger partial charge in [0.1, 0.15) is 12.5 Å². The smallest absolute Gasteiger partial charge is 0.269 e. The molecular formula is C18H23N5O2S. The number of fused-ring (bicyclic) bond motifs is 1. The zero-order chi connectivity index (χ0) is 18.6. The van der Waals surface area contributed by atoms with E-state index in [4.69, 9.17) is 17.3 Å². The molecule has 1 aromatic heterocycles. The van der Waals surface area contributed by atoms with Crippen LogP contribution in [0.5, 0.6) is 0 Å². The van der Waals surface area contributed by atoms with Gasteiger partial charge in [0.15, 0.2) is 4.77 Å². The number of anilines is 1. The van der Waals surface area contributed by atoms with Crippen molar-refractivity contribution in [1.82, 2.24) is 14.3 Å². The van der Waals surface area contributed by atoms with Crippen molar-refractivity contribution in [2.75, 3.05) is 4.90 Å². The fourth-order valence-electron chi connectivity index (χ4n) is 3.75. The molecule has 4 rings (SSSR count). The summed E-state index contributed by atoms with van der Waals surface area (Å²) in [7, 11) is 0. The van der Waals surface area contributed by atoms with Gasteiger partial charge in [-0.2, -0.15) is 5.10 Å². The largest absolute Gasteiger partial charge is 0.349 e. The van der Waals surface area contributed by atoms with Gasteiger partial charge in [0.2, 0.25) is 0 Å². The molecular weight excluding hydrogens is 350 g/mol. The Kier molecular flexibility index (Phi) is 4.10. The molecule has 7 nitrogen and oxygen atoms in total. The Morgan fingerprint density at radius 1 is 1.38 bits per heavy atom. The maximum absolute atomic E-state index is 11.0. The van der Waals surface area contributed by atoms with Crippen LogP contribution in [-0.2, 0) is 13.1 Å². The summed E-state index contributed by atoms with van der Waals surface area (Å²) in [5.74, 6) is 1.37. The fraction of sp³-hybridized carbons (Fsp3) is 0.556. The normalized spacial score (nSPS) is 19.2. The molecule has 0 spiro atoms. The van der Waals surface area contributed by atoms with Gasteiger partial charge in [-0.05, 0) is 50.0 Å². The van der Waals surface area contributed by atoms with Crippen molar-refractivity contribution >= 4 is 23.6 Å². The highest BCUT2D eigenvalue weighted by molar-refractivity contribution is 7.71.